The van der Waals surface area contributed by atoms with Crippen LogP contribution in [0.25, 0.3) is 11.5 Å². The zero-order chi connectivity index (χ0) is 20.8. The molecule has 0 N–H and O–H groups in total. The molecule has 0 radical (unpaired) electrons. The molecule has 0 saturated carbocycles. The Kier molecular flexibility index (Phi) is 5.90. The fraction of sp³-hybridized carbons (Fsp3) is 0.120. The number of aryl methyl sites for hydroxylation is 1. The number of carbonyl (C=O) groups is 1. The molecule has 0 aliphatic carbocycles. The van der Waals surface area contributed by atoms with Gasteiger partial charge >= 0.3 is 5.97 Å². The van der Waals surface area contributed by atoms with Crippen LogP contribution in [-0.4, -0.2) is 11.0 Å². The number of esters is 1. The van der Waals surface area contributed by atoms with Crippen LogP contribution in [0.15, 0.2) is 89.3 Å². The van der Waals surface area contributed by atoms with Gasteiger partial charge in [0, 0.05) is 0 Å². The van der Waals surface area contributed by atoms with Crippen LogP contribution in [0.4, 0.5) is 0 Å². The Balaban J connectivity index is 1.50. The van der Waals surface area contributed by atoms with Crippen molar-refractivity contribution in [3.8, 4) is 17.2 Å². The van der Waals surface area contributed by atoms with Gasteiger partial charge in [-0.05, 0) is 30.2 Å². The van der Waals surface area contributed by atoms with Crippen molar-refractivity contribution in [3.63, 3.8) is 0 Å². The number of carbonyl (C=O) groups excluding carboxylic acids is 1. The number of oxazole rings is 1. The number of ether oxygens (including phenoxy) is 2. The Bertz CT molecular complexity index is 1120. The molecule has 150 valence electrons. The topological polar surface area (TPSA) is 61.6 Å². The number of nitrogens with zero attached hydrogens (tertiary/aromatic N) is 1. The van der Waals surface area contributed by atoms with Gasteiger partial charge in [0.25, 0.3) is 0 Å². The molecule has 1 aromatic heterocycles. The summed E-state index contributed by atoms with van der Waals surface area (Å²) in [5.41, 5.74) is 2.81. The molecule has 0 spiro atoms. The molecule has 0 saturated heterocycles. The van der Waals surface area contributed by atoms with E-state index in [4.69, 9.17) is 13.9 Å². The molecule has 0 unspecified atom stereocenters. The third kappa shape index (κ3) is 4.58. The van der Waals surface area contributed by atoms with Crippen molar-refractivity contribution in [1.82, 2.24) is 4.98 Å². The highest BCUT2D eigenvalue weighted by molar-refractivity contribution is 5.89. The van der Waals surface area contributed by atoms with E-state index in [9.17, 15) is 4.79 Å². The first-order valence-corrected chi connectivity index (χ1v) is 9.65. The minimum Gasteiger partial charge on any atom is -0.488 e. The molecular formula is C25H21NO4. The maximum Gasteiger partial charge on any atom is 0.360 e. The highest BCUT2D eigenvalue weighted by atomic mass is 16.5. The second kappa shape index (κ2) is 9.09. The zero-order valence-corrected chi connectivity index (χ0v) is 16.6. The van der Waals surface area contributed by atoms with Crippen molar-refractivity contribution in [1.29, 1.82) is 0 Å². The van der Waals surface area contributed by atoms with Crippen molar-refractivity contribution < 1.29 is 18.7 Å². The van der Waals surface area contributed by atoms with Gasteiger partial charge in [-0.2, -0.15) is 0 Å². The summed E-state index contributed by atoms with van der Waals surface area (Å²) in [7, 11) is 0. The van der Waals surface area contributed by atoms with E-state index in [1.165, 1.54) is 0 Å². The molecule has 0 amide bonds. The molecule has 0 atom stereocenters. The standard InChI is InChI=1S/C25H21NO4/c1-18-23(25(27)29-17-20-12-6-3-7-13-20)26-24(30-18)21-14-8-9-15-22(21)28-16-19-10-4-2-5-11-19/h2-15H,16-17H2,1H3. The minimum atomic E-state index is -0.519. The third-order valence-electron chi connectivity index (χ3n) is 4.56. The van der Waals surface area contributed by atoms with E-state index in [-0.39, 0.29) is 12.3 Å². The van der Waals surface area contributed by atoms with Gasteiger partial charge in [0.2, 0.25) is 5.89 Å². The summed E-state index contributed by atoms with van der Waals surface area (Å²) in [6.45, 7) is 2.30. The third-order valence-corrected chi connectivity index (χ3v) is 4.56. The van der Waals surface area contributed by atoms with Gasteiger partial charge in [0.05, 0.1) is 5.56 Å². The minimum absolute atomic E-state index is 0.166. The summed E-state index contributed by atoms with van der Waals surface area (Å²) in [5, 5.41) is 0. The van der Waals surface area contributed by atoms with Crippen LogP contribution in [0, 0.1) is 6.92 Å². The van der Waals surface area contributed by atoms with Gasteiger partial charge in [-0.15, -0.1) is 0 Å². The average molecular weight is 399 g/mol. The predicted octanol–water partition coefficient (Wildman–Crippen LogP) is 5.59. The molecule has 3 aromatic carbocycles. The molecule has 0 aliphatic rings. The first-order chi connectivity index (χ1) is 14.7. The van der Waals surface area contributed by atoms with Crippen molar-refractivity contribution in [2.24, 2.45) is 0 Å². The van der Waals surface area contributed by atoms with Gasteiger partial charge < -0.3 is 13.9 Å². The lowest BCUT2D eigenvalue weighted by molar-refractivity contribution is 0.0464. The van der Waals surface area contributed by atoms with Crippen molar-refractivity contribution in [2.75, 3.05) is 0 Å². The van der Waals surface area contributed by atoms with Gasteiger partial charge in [-0.25, -0.2) is 9.78 Å². The van der Waals surface area contributed by atoms with Crippen molar-refractivity contribution in [2.45, 2.75) is 20.1 Å². The highest BCUT2D eigenvalue weighted by Gasteiger charge is 2.21. The van der Waals surface area contributed by atoms with Crippen molar-refractivity contribution in [3.05, 3.63) is 108 Å². The zero-order valence-electron chi connectivity index (χ0n) is 16.6. The van der Waals surface area contributed by atoms with Crippen LogP contribution in [0.5, 0.6) is 5.75 Å². The van der Waals surface area contributed by atoms with Gasteiger partial charge in [-0.3, -0.25) is 0 Å². The van der Waals surface area contributed by atoms with E-state index in [0.717, 1.165) is 11.1 Å². The number of hydrogen-bond donors (Lipinski definition) is 0. The van der Waals surface area contributed by atoms with Gasteiger partial charge in [-0.1, -0.05) is 72.8 Å². The molecule has 0 bridgehead atoms. The van der Waals surface area contributed by atoms with Crippen LogP contribution in [0.1, 0.15) is 27.4 Å². The number of para-hydroxylation sites is 1. The number of hydrogen-bond acceptors (Lipinski definition) is 5. The van der Waals surface area contributed by atoms with Gasteiger partial charge in [0.15, 0.2) is 5.69 Å². The molecule has 30 heavy (non-hydrogen) atoms. The summed E-state index contributed by atoms with van der Waals surface area (Å²) in [5.74, 6) is 0.838. The van der Waals surface area contributed by atoms with E-state index in [2.05, 4.69) is 4.98 Å². The Morgan fingerprint density at radius 1 is 0.833 bits per heavy atom. The van der Waals surface area contributed by atoms with Crippen LogP contribution < -0.4 is 4.74 Å². The second-order valence-corrected chi connectivity index (χ2v) is 6.76. The van der Waals surface area contributed by atoms with E-state index < -0.39 is 5.97 Å². The lowest BCUT2D eigenvalue weighted by Gasteiger charge is -2.09. The summed E-state index contributed by atoms with van der Waals surface area (Å²) < 4.78 is 17.1. The first-order valence-electron chi connectivity index (χ1n) is 9.65. The number of rotatable bonds is 7. The largest absolute Gasteiger partial charge is 0.488 e. The van der Waals surface area contributed by atoms with E-state index in [0.29, 0.717) is 29.6 Å². The summed E-state index contributed by atoms with van der Waals surface area (Å²) in [6.07, 6.45) is 0. The summed E-state index contributed by atoms with van der Waals surface area (Å²) in [6, 6.07) is 26.9. The fourth-order valence-corrected chi connectivity index (χ4v) is 3.00. The predicted molar refractivity (Wildman–Crippen MR) is 113 cm³/mol. The van der Waals surface area contributed by atoms with E-state index in [1.807, 2.05) is 84.9 Å². The highest BCUT2D eigenvalue weighted by Crippen LogP contribution is 2.31. The number of aromatic nitrogens is 1. The Hall–Kier alpha value is -3.86. The normalized spacial score (nSPS) is 10.6. The van der Waals surface area contributed by atoms with Crippen LogP contribution >= 0.6 is 0 Å². The Morgan fingerprint density at radius 2 is 1.43 bits per heavy atom. The van der Waals surface area contributed by atoms with Crippen LogP contribution in [-0.2, 0) is 18.0 Å². The Morgan fingerprint density at radius 3 is 2.13 bits per heavy atom. The quantitative estimate of drug-likeness (QED) is 0.379. The molecule has 4 rings (SSSR count). The maximum atomic E-state index is 12.5. The van der Waals surface area contributed by atoms with Crippen LogP contribution in [0.3, 0.4) is 0 Å². The molecule has 5 heteroatoms. The molecule has 0 fully saturated rings. The SMILES string of the molecule is Cc1oc(-c2ccccc2OCc2ccccc2)nc1C(=O)OCc1ccccc1. The molecule has 0 aliphatic heterocycles. The Labute approximate surface area is 174 Å². The lowest BCUT2D eigenvalue weighted by atomic mass is 10.2. The maximum absolute atomic E-state index is 12.5. The van der Waals surface area contributed by atoms with Crippen molar-refractivity contribution >= 4 is 5.97 Å². The summed E-state index contributed by atoms with van der Waals surface area (Å²) in [4.78, 5) is 16.9. The molecular weight excluding hydrogens is 378 g/mol. The molecule has 4 aromatic rings. The smallest absolute Gasteiger partial charge is 0.360 e. The second-order valence-electron chi connectivity index (χ2n) is 6.76. The van der Waals surface area contributed by atoms with Crippen LogP contribution in [0.2, 0.25) is 0 Å². The van der Waals surface area contributed by atoms with E-state index in [1.54, 1.807) is 6.92 Å². The lowest BCUT2D eigenvalue weighted by Crippen LogP contribution is -2.07. The summed E-state index contributed by atoms with van der Waals surface area (Å²) >= 11 is 0. The first kappa shape index (κ1) is 19.5. The number of benzene rings is 3. The van der Waals surface area contributed by atoms with Gasteiger partial charge in [0.1, 0.15) is 24.7 Å². The monoisotopic (exact) mass is 399 g/mol. The molecule has 1 heterocycles. The average Bonchev–Trinajstić information content (AvgIpc) is 3.19. The van der Waals surface area contributed by atoms with E-state index >= 15 is 0 Å². The molecule has 5 nitrogen and oxygen atoms in total. The fourth-order valence-electron chi connectivity index (χ4n) is 3.00.